The van der Waals surface area contributed by atoms with Crippen LogP contribution in [-0.4, -0.2) is 57.4 Å². The van der Waals surface area contributed by atoms with Gasteiger partial charge >= 0.3 is 5.97 Å². The molecule has 1 amide bonds. The summed E-state index contributed by atoms with van der Waals surface area (Å²) in [6, 6.07) is 5.28. The molecule has 1 saturated carbocycles. The number of aromatic nitrogens is 2. The zero-order valence-corrected chi connectivity index (χ0v) is 15.6. The van der Waals surface area contributed by atoms with Gasteiger partial charge in [-0.25, -0.2) is 4.63 Å². The minimum absolute atomic E-state index is 0. The zero-order chi connectivity index (χ0) is 18.0. The number of amides is 1. The van der Waals surface area contributed by atoms with Crippen LogP contribution in [0.5, 0.6) is 0 Å². The van der Waals surface area contributed by atoms with Crippen LogP contribution in [0.3, 0.4) is 0 Å². The number of hydrogen-bond acceptors (Lipinski definition) is 6. The molecule has 9 heteroatoms. The van der Waals surface area contributed by atoms with Crippen LogP contribution in [0.25, 0.3) is 11.0 Å². The van der Waals surface area contributed by atoms with E-state index >= 15 is 0 Å². The first kappa shape index (κ1) is 20.1. The highest BCUT2D eigenvalue weighted by Crippen LogP contribution is 2.31. The average Bonchev–Trinajstić information content (AvgIpc) is 3.07. The summed E-state index contributed by atoms with van der Waals surface area (Å²) in [6.07, 6.45) is 3.32. The normalized spacial score (nSPS) is 22.6. The molecule has 1 aliphatic carbocycles. The lowest BCUT2D eigenvalue weighted by Crippen LogP contribution is -2.51. The Hall–Kier alpha value is -2.19. The topological polar surface area (TPSA) is 109 Å². The molecule has 1 fully saturated rings. The van der Waals surface area contributed by atoms with Gasteiger partial charge in [-0.05, 0) is 61.1 Å². The highest BCUT2D eigenvalue weighted by atomic mass is 35.5. The maximum atomic E-state index is 12.7. The van der Waals surface area contributed by atoms with Crippen LogP contribution in [-0.2, 0) is 4.79 Å². The average molecular weight is 383 g/mol. The summed E-state index contributed by atoms with van der Waals surface area (Å²) in [5.41, 5.74) is 1.55. The highest BCUT2D eigenvalue weighted by Gasteiger charge is 2.34. The number of carboxylic acids is 1. The van der Waals surface area contributed by atoms with E-state index in [4.69, 9.17) is 5.11 Å². The Morgan fingerprint density at radius 1 is 1.31 bits per heavy atom. The van der Waals surface area contributed by atoms with Crippen molar-refractivity contribution >= 4 is 35.3 Å². The van der Waals surface area contributed by atoms with Crippen molar-refractivity contribution in [3.63, 3.8) is 0 Å². The second-order valence-electron chi connectivity index (χ2n) is 6.92. The molecular weight excluding hydrogens is 360 g/mol. The van der Waals surface area contributed by atoms with Crippen molar-refractivity contribution in [2.75, 3.05) is 13.6 Å². The van der Waals surface area contributed by atoms with E-state index in [1.807, 2.05) is 14.0 Å². The van der Waals surface area contributed by atoms with Gasteiger partial charge in [-0.1, -0.05) is 0 Å². The number of halogens is 1. The van der Waals surface area contributed by atoms with Crippen molar-refractivity contribution in [2.45, 2.75) is 44.2 Å². The first-order valence-corrected chi connectivity index (χ1v) is 8.34. The van der Waals surface area contributed by atoms with E-state index in [9.17, 15) is 9.59 Å². The number of aliphatic carboxylic acids is 1. The van der Waals surface area contributed by atoms with Crippen LogP contribution in [0.2, 0.25) is 0 Å². The molecule has 0 bridgehead atoms. The maximum absolute atomic E-state index is 12.7. The number of carbonyl (C=O) groups excluding carboxylic acids is 1. The number of carbonyl (C=O) groups is 2. The molecule has 1 aromatic heterocycles. The Bertz CT molecular complexity index is 786. The van der Waals surface area contributed by atoms with Gasteiger partial charge in [0.05, 0.1) is 6.54 Å². The van der Waals surface area contributed by atoms with Crippen molar-refractivity contribution in [1.82, 2.24) is 20.5 Å². The van der Waals surface area contributed by atoms with Crippen LogP contribution in [0.15, 0.2) is 22.8 Å². The summed E-state index contributed by atoms with van der Waals surface area (Å²) >= 11 is 0. The SMILES string of the molecule is CN(C(=O)c1ccc2nonc2c1)C1CCC(C)(NCC(=O)O)CC1.Cl. The second-order valence-corrected chi connectivity index (χ2v) is 6.92. The molecule has 0 spiro atoms. The smallest absolute Gasteiger partial charge is 0.317 e. The zero-order valence-electron chi connectivity index (χ0n) is 14.8. The van der Waals surface area contributed by atoms with Gasteiger partial charge in [0.2, 0.25) is 0 Å². The third kappa shape index (κ3) is 4.31. The highest BCUT2D eigenvalue weighted by molar-refractivity contribution is 5.97. The summed E-state index contributed by atoms with van der Waals surface area (Å²) < 4.78 is 4.67. The predicted octanol–water partition coefficient (Wildman–Crippen LogP) is 2.09. The molecule has 1 aromatic carbocycles. The molecule has 1 heterocycles. The molecule has 0 atom stereocenters. The molecule has 0 radical (unpaired) electrons. The molecule has 8 nitrogen and oxygen atoms in total. The van der Waals surface area contributed by atoms with E-state index in [-0.39, 0.29) is 36.4 Å². The maximum Gasteiger partial charge on any atom is 0.317 e. The van der Waals surface area contributed by atoms with Crippen LogP contribution >= 0.6 is 12.4 Å². The third-order valence-corrected chi connectivity index (χ3v) is 5.09. The monoisotopic (exact) mass is 382 g/mol. The van der Waals surface area contributed by atoms with Crippen LogP contribution in [0.4, 0.5) is 0 Å². The molecule has 3 rings (SSSR count). The Labute approximate surface area is 157 Å². The van der Waals surface area contributed by atoms with Crippen molar-refractivity contribution < 1.29 is 19.3 Å². The lowest BCUT2D eigenvalue weighted by molar-refractivity contribution is -0.136. The quantitative estimate of drug-likeness (QED) is 0.814. The van der Waals surface area contributed by atoms with Crippen molar-refractivity contribution in [1.29, 1.82) is 0 Å². The minimum atomic E-state index is -0.853. The lowest BCUT2D eigenvalue weighted by atomic mass is 9.80. The molecule has 0 unspecified atom stereocenters. The van der Waals surface area contributed by atoms with E-state index in [0.29, 0.717) is 16.6 Å². The standard InChI is InChI=1S/C17H22N4O4.ClH/c1-17(18-10-15(22)23)7-5-12(6-8-17)21(2)16(24)11-3-4-13-14(9-11)20-25-19-13;/h3-4,9,12,18H,5-8,10H2,1-2H3,(H,22,23);1H. The van der Waals surface area contributed by atoms with E-state index in [1.54, 1.807) is 23.1 Å². The second kappa shape index (κ2) is 8.01. The summed E-state index contributed by atoms with van der Waals surface area (Å²) in [7, 11) is 1.81. The van der Waals surface area contributed by atoms with Crippen molar-refractivity contribution in [2.24, 2.45) is 0 Å². The van der Waals surface area contributed by atoms with E-state index in [1.165, 1.54) is 0 Å². The first-order chi connectivity index (χ1) is 11.9. The third-order valence-electron chi connectivity index (χ3n) is 5.09. The van der Waals surface area contributed by atoms with Crippen molar-refractivity contribution in [3.8, 4) is 0 Å². The van der Waals surface area contributed by atoms with Gasteiger partial charge in [0.25, 0.3) is 5.91 Å². The Balaban J connectivity index is 0.00000243. The number of benzene rings is 1. The fourth-order valence-electron chi connectivity index (χ4n) is 3.38. The summed E-state index contributed by atoms with van der Waals surface area (Å²) in [5, 5.41) is 19.4. The fourth-order valence-corrected chi connectivity index (χ4v) is 3.38. The van der Waals surface area contributed by atoms with Gasteiger partial charge in [0, 0.05) is 24.2 Å². The van der Waals surface area contributed by atoms with Gasteiger partial charge in [-0.3, -0.25) is 9.59 Å². The van der Waals surface area contributed by atoms with Gasteiger partial charge in [-0.2, -0.15) is 0 Å². The van der Waals surface area contributed by atoms with Crippen LogP contribution in [0, 0.1) is 0 Å². The summed E-state index contributed by atoms with van der Waals surface area (Å²) in [6.45, 7) is 2.00. The van der Waals surface area contributed by atoms with Gasteiger partial charge in [-0.15, -0.1) is 12.4 Å². The molecule has 0 saturated heterocycles. The van der Waals surface area contributed by atoms with E-state index < -0.39 is 5.97 Å². The van der Waals surface area contributed by atoms with Crippen LogP contribution < -0.4 is 5.32 Å². The molecule has 26 heavy (non-hydrogen) atoms. The first-order valence-electron chi connectivity index (χ1n) is 8.34. The number of rotatable bonds is 5. The minimum Gasteiger partial charge on any atom is -0.480 e. The largest absolute Gasteiger partial charge is 0.480 e. The fraction of sp³-hybridized carbons (Fsp3) is 0.529. The molecule has 142 valence electrons. The molecular formula is C17H23ClN4O4. The number of fused-ring (bicyclic) bond motifs is 1. The lowest BCUT2D eigenvalue weighted by Gasteiger charge is -2.41. The summed E-state index contributed by atoms with van der Waals surface area (Å²) in [5.74, 6) is -0.912. The van der Waals surface area contributed by atoms with Gasteiger partial charge in [0.1, 0.15) is 11.0 Å². The van der Waals surface area contributed by atoms with E-state index in [2.05, 4.69) is 20.3 Å². The van der Waals surface area contributed by atoms with Crippen LogP contribution in [0.1, 0.15) is 43.0 Å². The molecule has 2 aromatic rings. The summed E-state index contributed by atoms with van der Waals surface area (Å²) in [4.78, 5) is 25.3. The Morgan fingerprint density at radius 2 is 1.96 bits per heavy atom. The van der Waals surface area contributed by atoms with Gasteiger partial charge in [0.15, 0.2) is 0 Å². The predicted molar refractivity (Wildman–Crippen MR) is 97.4 cm³/mol. The Kier molecular flexibility index (Phi) is 6.20. The number of nitrogens with one attached hydrogen (secondary N) is 1. The number of hydrogen-bond donors (Lipinski definition) is 2. The van der Waals surface area contributed by atoms with Crippen molar-refractivity contribution in [3.05, 3.63) is 23.8 Å². The van der Waals surface area contributed by atoms with E-state index in [0.717, 1.165) is 25.7 Å². The van der Waals surface area contributed by atoms with Gasteiger partial charge < -0.3 is 15.3 Å². The number of nitrogens with zero attached hydrogens (tertiary/aromatic N) is 3. The Morgan fingerprint density at radius 3 is 2.62 bits per heavy atom. The molecule has 2 N–H and O–H groups in total. The molecule has 0 aliphatic heterocycles. The number of carboxylic acid groups (broad SMARTS) is 1. The molecule has 1 aliphatic rings.